The third kappa shape index (κ3) is 11.6. The minimum absolute atomic E-state index is 0.371. The predicted octanol–water partition coefficient (Wildman–Crippen LogP) is -0.962. The van der Waals surface area contributed by atoms with Gasteiger partial charge in [-0.05, 0) is 12.8 Å². The summed E-state index contributed by atoms with van der Waals surface area (Å²) in [5, 5.41) is 36.8. The van der Waals surface area contributed by atoms with Crippen LogP contribution in [0.3, 0.4) is 0 Å². The van der Waals surface area contributed by atoms with Crippen LogP contribution in [0.2, 0.25) is 0 Å². The van der Waals surface area contributed by atoms with Gasteiger partial charge in [0.25, 0.3) is 0 Å². The molecule has 2 radical (unpaired) electrons. The van der Waals surface area contributed by atoms with Crippen molar-refractivity contribution in [3.63, 3.8) is 0 Å². The number of amides is 1. The van der Waals surface area contributed by atoms with Crippen LogP contribution in [0.5, 0.6) is 0 Å². The molecule has 7 N–H and O–H groups in total. The van der Waals surface area contributed by atoms with E-state index in [1.165, 1.54) is 0 Å². The van der Waals surface area contributed by atoms with E-state index in [0.717, 1.165) is 6.42 Å². The Morgan fingerprint density at radius 3 is 1.74 bits per heavy atom. The second kappa shape index (κ2) is 12.9. The number of aliphatic hydroxyl groups is 2. The molecule has 0 saturated heterocycles. The largest absolute Gasteiger partial charge is 0.479 e. The van der Waals surface area contributed by atoms with Crippen LogP contribution in [-0.4, -0.2) is 70.3 Å². The lowest BCUT2D eigenvalue weighted by Gasteiger charge is -2.19. The zero-order valence-electron chi connectivity index (χ0n) is 13.3. The first-order valence-electron chi connectivity index (χ1n) is 7.21. The van der Waals surface area contributed by atoms with Crippen molar-refractivity contribution in [2.75, 3.05) is 0 Å². The smallest absolute Gasteiger partial charge is 0.334 e. The van der Waals surface area contributed by atoms with Gasteiger partial charge in [-0.15, -0.1) is 0 Å². The maximum absolute atomic E-state index is 10.4. The number of hydrogen-bond acceptors (Lipinski definition) is 6. The normalized spacial score (nSPS) is 15.3. The highest BCUT2D eigenvalue weighted by Gasteiger charge is 2.25. The standard InChI is InChI=1S/C7H12BNO4.C6H13NO3/c1-2-3-4(9-7(8)13)5(10)6(11)12;1-2-3-4(7)5(8)6(9)10/h4-5,10H,2-3H2,1H3,(H,9,13)(H,11,12);4-5,8H,2-3,7H2,1H3,(H,9,10). The van der Waals surface area contributed by atoms with E-state index >= 15 is 0 Å². The van der Waals surface area contributed by atoms with Crippen LogP contribution in [-0.2, 0) is 9.59 Å². The number of carboxylic acid groups (broad SMARTS) is 2. The Morgan fingerprint density at radius 2 is 1.43 bits per heavy atom. The van der Waals surface area contributed by atoms with Gasteiger partial charge in [0.05, 0.1) is 6.04 Å². The molecule has 23 heavy (non-hydrogen) atoms. The molecule has 0 aliphatic carbocycles. The second-order valence-electron chi connectivity index (χ2n) is 4.92. The summed E-state index contributed by atoms with van der Waals surface area (Å²) in [4.78, 5) is 30.9. The van der Waals surface area contributed by atoms with Crippen LogP contribution >= 0.6 is 0 Å². The minimum Gasteiger partial charge on any atom is -0.479 e. The van der Waals surface area contributed by atoms with Gasteiger partial charge in [0, 0.05) is 6.04 Å². The number of nitrogens with one attached hydrogen (secondary N) is 1. The maximum Gasteiger partial charge on any atom is 0.334 e. The summed E-state index contributed by atoms with van der Waals surface area (Å²) in [5.41, 5.74) is 5.30. The van der Waals surface area contributed by atoms with E-state index in [1.54, 1.807) is 0 Å². The first kappa shape index (κ1) is 23.6. The molecule has 0 heterocycles. The molecule has 0 saturated carbocycles. The van der Waals surface area contributed by atoms with E-state index in [2.05, 4.69) is 5.32 Å². The lowest BCUT2D eigenvalue weighted by molar-refractivity contribution is -0.148. The first-order valence-corrected chi connectivity index (χ1v) is 7.21. The Balaban J connectivity index is 0. The Labute approximate surface area is 136 Å². The Hall–Kier alpha value is -1.65. The molecule has 0 aromatic rings. The fourth-order valence-electron chi connectivity index (χ4n) is 1.65. The third-order valence-electron chi connectivity index (χ3n) is 2.84. The number of nitrogens with two attached hydrogens (primary N) is 1. The fourth-order valence-corrected chi connectivity index (χ4v) is 1.65. The number of carbonyl (C=O) groups is 3. The summed E-state index contributed by atoms with van der Waals surface area (Å²) in [7, 11) is 4.81. The molecule has 4 unspecified atom stereocenters. The molecule has 0 aliphatic rings. The third-order valence-corrected chi connectivity index (χ3v) is 2.84. The van der Waals surface area contributed by atoms with Crippen LogP contribution < -0.4 is 11.1 Å². The summed E-state index contributed by atoms with van der Waals surface area (Å²) >= 11 is 0. The summed E-state index contributed by atoms with van der Waals surface area (Å²) in [6.45, 7) is 3.69. The zero-order chi connectivity index (χ0) is 18.6. The van der Waals surface area contributed by atoms with Gasteiger partial charge in [-0.1, -0.05) is 26.7 Å². The molecule has 0 aromatic heterocycles. The van der Waals surface area contributed by atoms with Gasteiger partial charge in [0.2, 0.25) is 7.85 Å². The van der Waals surface area contributed by atoms with E-state index in [1.807, 2.05) is 13.8 Å². The van der Waals surface area contributed by atoms with Crippen molar-refractivity contribution in [2.45, 2.75) is 63.8 Å². The Morgan fingerprint density at radius 1 is 1.00 bits per heavy atom. The summed E-state index contributed by atoms with van der Waals surface area (Å²) in [5.74, 6) is -3.45. The van der Waals surface area contributed by atoms with E-state index in [0.29, 0.717) is 19.3 Å². The topological polar surface area (TPSA) is 170 Å². The molecule has 0 aliphatic heterocycles. The molecule has 0 fully saturated rings. The monoisotopic (exact) mass is 332 g/mol. The number of carbonyl (C=O) groups excluding carboxylic acids is 1. The molecular formula is C13H25BN2O7. The van der Waals surface area contributed by atoms with Crippen molar-refractivity contribution >= 4 is 25.6 Å². The first-order chi connectivity index (χ1) is 10.6. The van der Waals surface area contributed by atoms with Gasteiger partial charge in [0.1, 0.15) is 0 Å². The van der Waals surface area contributed by atoms with E-state index in [4.69, 9.17) is 34.0 Å². The summed E-state index contributed by atoms with van der Waals surface area (Å²) in [6, 6.07) is -1.46. The van der Waals surface area contributed by atoms with Crippen molar-refractivity contribution in [1.29, 1.82) is 0 Å². The van der Waals surface area contributed by atoms with Gasteiger partial charge in [0.15, 0.2) is 18.0 Å². The molecule has 1 amide bonds. The van der Waals surface area contributed by atoms with Crippen molar-refractivity contribution in [3.8, 4) is 0 Å². The lowest BCUT2D eigenvalue weighted by Crippen LogP contribution is -2.46. The second-order valence-corrected chi connectivity index (χ2v) is 4.92. The van der Waals surface area contributed by atoms with Gasteiger partial charge in [-0.2, -0.15) is 0 Å². The van der Waals surface area contributed by atoms with Crippen molar-refractivity contribution in [2.24, 2.45) is 5.73 Å². The quantitative estimate of drug-likeness (QED) is 0.293. The average molecular weight is 332 g/mol. The number of rotatable bonds is 9. The number of carboxylic acids is 2. The van der Waals surface area contributed by atoms with Gasteiger partial charge < -0.3 is 31.5 Å². The molecule has 0 spiro atoms. The number of aliphatic hydroxyl groups excluding tert-OH is 2. The molecule has 132 valence electrons. The molecule has 10 heteroatoms. The fraction of sp³-hybridized carbons (Fsp3) is 0.769. The Kier molecular flexibility index (Phi) is 13.2. The van der Waals surface area contributed by atoms with Crippen molar-refractivity contribution < 1.29 is 34.8 Å². The van der Waals surface area contributed by atoms with Crippen LogP contribution in [0.25, 0.3) is 0 Å². The van der Waals surface area contributed by atoms with Crippen molar-refractivity contribution in [3.05, 3.63) is 0 Å². The molecule has 4 atom stereocenters. The summed E-state index contributed by atoms with van der Waals surface area (Å²) < 4.78 is 0. The highest BCUT2D eigenvalue weighted by atomic mass is 16.4. The van der Waals surface area contributed by atoms with E-state index in [-0.39, 0.29) is 0 Å². The highest BCUT2D eigenvalue weighted by molar-refractivity contribution is 6.57. The van der Waals surface area contributed by atoms with Gasteiger partial charge in [-0.25, -0.2) is 9.59 Å². The number of hydrogen-bond donors (Lipinski definition) is 6. The predicted molar refractivity (Wildman–Crippen MR) is 83.2 cm³/mol. The lowest BCUT2D eigenvalue weighted by atomic mass is 10.0. The molecule has 0 bridgehead atoms. The number of aliphatic carboxylic acids is 2. The van der Waals surface area contributed by atoms with Crippen LogP contribution in [0.15, 0.2) is 0 Å². The average Bonchev–Trinajstić information content (AvgIpc) is 2.45. The molecule has 9 nitrogen and oxygen atoms in total. The van der Waals surface area contributed by atoms with Crippen LogP contribution in [0.1, 0.15) is 39.5 Å². The SMILES string of the molecule is CCCC(N)C(O)C(=O)O.[B]C(=O)NC(CCC)C(O)C(=O)O. The van der Waals surface area contributed by atoms with Crippen molar-refractivity contribution in [1.82, 2.24) is 5.32 Å². The Bertz CT molecular complexity index is 381. The van der Waals surface area contributed by atoms with E-state index in [9.17, 15) is 14.4 Å². The molecular weight excluding hydrogens is 307 g/mol. The maximum atomic E-state index is 10.4. The van der Waals surface area contributed by atoms with Gasteiger partial charge in [-0.3, -0.25) is 4.79 Å². The minimum atomic E-state index is -1.60. The summed E-state index contributed by atoms with van der Waals surface area (Å²) in [6.07, 6.45) is -0.683. The van der Waals surface area contributed by atoms with Crippen LogP contribution in [0, 0.1) is 0 Å². The molecule has 0 aromatic carbocycles. The van der Waals surface area contributed by atoms with Gasteiger partial charge >= 0.3 is 11.9 Å². The van der Waals surface area contributed by atoms with E-state index < -0.39 is 42.0 Å². The highest BCUT2D eigenvalue weighted by Crippen LogP contribution is 2.02. The zero-order valence-corrected chi connectivity index (χ0v) is 13.3. The molecule has 0 rings (SSSR count). The van der Waals surface area contributed by atoms with Crippen LogP contribution in [0.4, 0.5) is 4.79 Å².